The Morgan fingerprint density at radius 3 is 2.28 bits per heavy atom. The molecule has 0 radical (unpaired) electrons. The highest BCUT2D eigenvalue weighted by molar-refractivity contribution is 7.99. The molecule has 3 N–H and O–H groups in total. The summed E-state index contributed by atoms with van der Waals surface area (Å²) in [5, 5.41) is 10.0. The van der Waals surface area contributed by atoms with Crippen LogP contribution in [0.2, 0.25) is 0 Å². The van der Waals surface area contributed by atoms with Crippen LogP contribution >= 0.6 is 11.8 Å². The Morgan fingerprint density at radius 2 is 1.66 bits per heavy atom. The SMILES string of the molecule is CCOC(=O)C(O)C(Sc1cc(Oc2ccc(F)cc2)ccc1N)c1ccc(OC)cc1. The molecule has 0 aromatic heterocycles. The molecule has 3 aromatic rings. The molecular weight excluding hydrogens is 433 g/mol. The van der Waals surface area contributed by atoms with Crippen molar-refractivity contribution in [3.8, 4) is 17.2 Å². The van der Waals surface area contributed by atoms with Crippen LogP contribution in [0.15, 0.2) is 71.6 Å². The minimum atomic E-state index is -1.42. The number of nitrogen functional groups attached to an aromatic ring is 1. The first-order valence-corrected chi connectivity index (χ1v) is 10.8. The van der Waals surface area contributed by atoms with E-state index < -0.39 is 17.3 Å². The van der Waals surface area contributed by atoms with E-state index in [9.17, 15) is 14.3 Å². The van der Waals surface area contributed by atoms with Crippen molar-refractivity contribution >= 4 is 23.4 Å². The summed E-state index contributed by atoms with van der Waals surface area (Å²) >= 11 is 1.21. The number of nitrogens with two attached hydrogens (primary N) is 1. The summed E-state index contributed by atoms with van der Waals surface area (Å²) in [6.45, 7) is 1.83. The monoisotopic (exact) mass is 457 g/mol. The molecule has 3 aromatic carbocycles. The van der Waals surface area contributed by atoms with E-state index in [0.29, 0.717) is 33.4 Å². The zero-order valence-corrected chi connectivity index (χ0v) is 18.5. The third-order valence-electron chi connectivity index (χ3n) is 4.55. The zero-order valence-electron chi connectivity index (χ0n) is 17.7. The van der Waals surface area contributed by atoms with Crippen LogP contribution in [0.1, 0.15) is 17.7 Å². The summed E-state index contributed by atoms with van der Waals surface area (Å²) in [5.41, 5.74) is 7.32. The first-order valence-electron chi connectivity index (χ1n) is 9.89. The predicted molar refractivity (Wildman–Crippen MR) is 122 cm³/mol. The summed E-state index contributed by atoms with van der Waals surface area (Å²) < 4.78 is 29.1. The Labute approximate surface area is 190 Å². The van der Waals surface area contributed by atoms with Crippen molar-refractivity contribution in [1.82, 2.24) is 0 Å². The van der Waals surface area contributed by atoms with Gasteiger partial charge in [0.05, 0.1) is 19.0 Å². The molecule has 0 bridgehead atoms. The minimum Gasteiger partial charge on any atom is -0.497 e. The smallest absolute Gasteiger partial charge is 0.336 e. The van der Waals surface area contributed by atoms with Crippen molar-refractivity contribution in [1.29, 1.82) is 0 Å². The second kappa shape index (κ2) is 10.9. The molecule has 8 heteroatoms. The third-order valence-corrected chi connectivity index (χ3v) is 5.94. The number of halogens is 1. The highest BCUT2D eigenvalue weighted by Crippen LogP contribution is 2.42. The maximum absolute atomic E-state index is 13.1. The molecule has 0 aliphatic heterocycles. The highest BCUT2D eigenvalue weighted by Gasteiger charge is 2.30. The molecule has 0 spiro atoms. The zero-order chi connectivity index (χ0) is 23.1. The molecule has 0 aliphatic rings. The van der Waals surface area contributed by atoms with Crippen molar-refractivity contribution in [2.75, 3.05) is 19.5 Å². The lowest BCUT2D eigenvalue weighted by Gasteiger charge is -2.23. The molecule has 0 saturated carbocycles. The normalized spacial score (nSPS) is 12.6. The average Bonchev–Trinajstić information content (AvgIpc) is 2.80. The number of thioether (sulfide) groups is 1. The van der Waals surface area contributed by atoms with E-state index in [4.69, 9.17) is 19.9 Å². The highest BCUT2D eigenvalue weighted by atomic mass is 32.2. The summed E-state index contributed by atoms with van der Waals surface area (Å²) in [7, 11) is 1.56. The Morgan fingerprint density at radius 1 is 1.03 bits per heavy atom. The standard InChI is InChI=1S/C24H24FNO5S/c1-3-30-24(28)22(27)23(15-4-8-17(29-2)9-5-15)32-21-14-19(12-13-20(21)26)31-18-10-6-16(25)7-11-18/h4-14,22-23,27H,3,26H2,1-2H3. The van der Waals surface area contributed by atoms with Gasteiger partial charge in [-0.3, -0.25) is 0 Å². The average molecular weight is 458 g/mol. The number of ether oxygens (including phenoxy) is 3. The number of methoxy groups -OCH3 is 1. The Hall–Kier alpha value is -3.23. The first kappa shape index (κ1) is 23.4. The molecule has 2 atom stereocenters. The van der Waals surface area contributed by atoms with Gasteiger partial charge in [-0.2, -0.15) is 0 Å². The lowest BCUT2D eigenvalue weighted by molar-refractivity contribution is -0.153. The van der Waals surface area contributed by atoms with Crippen LogP contribution in [0, 0.1) is 5.82 Å². The van der Waals surface area contributed by atoms with Crippen molar-refractivity contribution in [3.63, 3.8) is 0 Å². The van der Waals surface area contributed by atoms with Crippen LogP contribution in [0.5, 0.6) is 17.2 Å². The molecule has 32 heavy (non-hydrogen) atoms. The largest absolute Gasteiger partial charge is 0.497 e. The summed E-state index contributed by atoms with van der Waals surface area (Å²) in [4.78, 5) is 12.9. The van der Waals surface area contributed by atoms with Crippen molar-refractivity contribution in [3.05, 3.63) is 78.1 Å². The van der Waals surface area contributed by atoms with Gasteiger partial charge < -0.3 is 25.1 Å². The maximum atomic E-state index is 13.1. The topological polar surface area (TPSA) is 91.0 Å². The number of esters is 1. The van der Waals surface area contributed by atoms with Gasteiger partial charge >= 0.3 is 5.97 Å². The molecule has 0 amide bonds. The number of hydrogen-bond acceptors (Lipinski definition) is 7. The second-order valence-corrected chi connectivity index (χ2v) is 7.95. The number of aliphatic hydroxyl groups excluding tert-OH is 1. The van der Waals surface area contributed by atoms with Gasteiger partial charge in [-0.1, -0.05) is 12.1 Å². The van der Waals surface area contributed by atoms with Gasteiger partial charge in [0.1, 0.15) is 23.1 Å². The Bertz CT molecular complexity index is 1040. The van der Waals surface area contributed by atoms with Gasteiger partial charge in [0.25, 0.3) is 0 Å². The molecule has 0 aliphatic carbocycles. The van der Waals surface area contributed by atoms with Gasteiger partial charge in [-0.25, -0.2) is 9.18 Å². The summed E-state index contributed by atoms with van der Waals surface area (Å²) in [6.07, 6.45) is -1.42. The van der Waals surface area contributed by atoms with E-state index in [-0.39, 0.29) is 12.4 Å². The molecule has 0 heterocycles. The van der Waals surface area contributed by atoms with Gasteiger partial charge in [-0.15, -0.1) is 11.8 Å². The number of hydrogen-bond donors (Lipinski definition) is 2. The number of anilines is 1. The van der Waals surface area contributed by atoms with Crippen molar-refractivity contribution in [2.24, 2.45) is 0 Å². The van der Waals surface area contributed by atoms with Crippen LogP contribution in [-0.4, -0.2) is 30.9 Å². The van der Waals surface area contributed by atoms with E-state index in [1.807, 2.05) is 0 Å². The summed E-state index contributed by atoms with van der Waals surface area (Å²) in [5.74, 6) is 0.509. The third kappa shape index (κ3) is 5.93. The number of aliphatic hydroxyl groups is 1. The van der Waals surface area contributed by atoms with Gasteiger partial charge in [-0.05, 0) is 67.1 Å². The number of carbonyl (C=O) groups excluding carboxylic acids is 1. The fraction of sp³-hybridized carbons (Fsp3) is 0.208. The number of carbonyl (C=O) groups is 1. The molecule has 0 saturated heterocycles. The maximum Gasteiger partial charge on any atom is 0.336 e. The van der Waals surface area contributed by atoms with Crippen molar-refractivity contribution in [2.45, 2.75) is 23.2 Å². The summed E-state index contributed by atoms with van der Waals surface area (Å²) in [6, 6.07) is 17.7. The van der Waals surface area contributed by atoms with Crippen LogP contribution in [0.4, 0.5) is 10.1 Å². The second-order valence-electron chi connectivity index (χ2n) is 6.76. The number of rotatable bonds is 9. The van der Waals surface area contributed by atoms with Crippen LogP contribution in [0.25, 0.3) is 0 Å². The molecular formula is C24H24FNO5S. The van der Waals surface area contributed by atoms with Crippen LogP contribution < -0.4 is 15.2 Å². The molecule has 168 valence electrons. The van der Waals surface area contributed by atoms with Crippen LogP contribution in [0.3, 0.4) is 0 Å². The predicted octanol–water partition coefficient (Wildman–Crippen LogP) is 4.97. The van der Waals surface area contributed by atoms with E-state index >= 15 is 0 Å². The first-order chi connectivity index (χ1) is 15.4. The van der Waals surface area contributed by atoms with Crippen LogP contribution in [-0.2, 0) is 9.53 Å². The molecule has 2 unspecified atom stereocenters. The van der Waals surface area contributed by atoms with E-state index in [1.165, 1.54) is 36.0 Å². The quantitative estimate of drug-likeness (QED) is 0.266. The molecule has 6 nitrogen and oxygen atoms in total. The van der Waals surface area contributed by atoms with Gasteiger partial charge in [0.15, 0.2) is 6.10 Å². The molecule has 3 rings (SSSR count). The minimum absolute atomic E-state index is 0.152. The Balaban J connectivity index is 1.89. The van der Waals surface area contributed by atoms with Gasteiger partial charge in [0.2, 0.25) is 0 Å². The van der Waals surface area contributed by atoms with Crippen molar-refractivity contribution < 1.29 is 28.5 Å². The molecule has 0 fully saturated rings. The number of benzene rings is 3. The van der Waals surface area contributed by atoms with E-state index in [2.05, 4.69) is 0 Å². The van der Waals surface area contributed by atoms with E-state index in [1.54, 1.807) is 56.5 Å². The van der Waals surface area contributed by atoms with Gasteiger partial charge in [0, 0.05) is 10.6 Å². The lowest BCUT2D eigenvalue weighted by atomic mass is 10.1. The Kier molecular flexibility index (Phi) is 7.97. The fourth-order valence-electron chi connectivity index (χ4n) is 2.92. The fourth-order valence-corrected chi connectivity index (χ4v) is 4.11. The van der Waals surface area contributed by atoms with E-state index in [0.717, 1.165) is 0 Å². The lowest BCUT2D eigenvalue weighted by Crippen LogP contribution is -2.28.